The lowest BCUT2D eigenvalue weighted by atomic mass is 10.2. The van der Waals surface area contributed by atoms with Crippen LogP contribution in [-0.2, 0) is 0 Å². The molecule has 0 unspecified atom stereocenters. The van der Waals surface area contributed by atoms with Crippen LogP contribution in [0, 0.1) is 17.0 Å². The number of rotatable bonds is 2. The molecule has 0 aliphatic carbocycles. The van der Waals surface area contributed by atoms with Gasteiger partial charge in [-0.25, -0.2) is 4.98 Å². The minimum absolute atomic E-state index is 0.131. The Morgan fingerprint density at radius 1 is 1.35 bits per heavy atom. The van der Waals surface area contributed by atoms with Gasteiger partial charge in [0.2, 0.25) is 5.89 Å². The van der Waals surface area contributed by atoms with Crippen molar-refractivity contribution in [3.8, 4) is 11.5 Å². The Hall–Kier alpha value is -1.59. The third-order valence-electron chi connectivity index (χ3n) is 2.07. The summed E-state index contributed by atoms with van der Waals surface area (Å²) in [7, 11) is 0. The van der Waals surface area contributed by atoms with Crippen LogP contribution in [0.1, 0.15) is 5.76 Å². The van der Waals surface area contributed by atoms with E-state index in [1.807, 2.05) is 0 Å². The molecule has 0 radical (unpaired) electrons. The normalized spacial score (nSPS) is 10.5. The van der Waals surface area contributed by atoms with Gasteiger partial charge in [0.15, 0.2) is 0 Å². The zero-order chi connectivity index (χ0) is 12.6. The second kappa shape index (κ2) is 4.35. The molecular weight excluding hydrogens is 267 g/mol. The van der Waals surface area contributed by atoms with Gasteiger partial charge in [0.25, 0.3) is 5.69 Å². The van der Waals surface area contributed by atoms with Crippen LogP contribution in [0.25, 0.3) is 11.5 Å². The molecule has 0 spiro atoms. The minimum atomic E-state index is -0.567. The van der Waals surface area contributed by atoms with Crippen molar-refractivity contribution in [2.75, 3.05) is 0 Å². The van der Waals surface area contributed by atoms with Gasteiger partial charge in [-0.1, -0.05) is 23.2 Å². The Labute approximate surface area is 106 Å². The maximum Gasteiger partial charge on any atom is 0.272 e. The van der Waals surface area contributed by atoms with Gasteiger partial charge in [-0.15, -0.1) is 0 Å². The summed E-state index contributed by atoms with van der Waals surface area (Å²) in [6.45, 7) is 1.73. The molecule has 0 aliphatic rings. The Morgan fingerprint density at radius 2 is 1.94 bits per heavy atom. The van der Waals surface area contributed by atoms with Gasteiger partial charge in [-0.05, 0) is 6.92 Å². The van der Waals surface area contributed by atoms with E-state index < -0.39 is 4.92 Å². The van der Waals surface area contributed by atoms with Crippen LogP contribution in [0.5, 0.6) is 0 Å². The third-order valence-corrected chi connectivity index (χ3v) is 2.67. The van der Waals surface area contributed by atoms with Gasteiger partial charge in [0.05, 0.1) is 26.7 Å². The first-order chi connectivity index (χ1) is 7.99. The standard InChI is InChI=1S/C10H6Cl2N2O3/c1-5-4-13-10(17-5)9-7(11)2-6(14(15)16)3-8(9)12/h2-4H,1H3. The molecule has 1 heterocycles. The van der Waals surface area contributed by atoms with Crippen molar-refractivity contribution in [1.29, 1.82) is 0 Å². The Bertz CT molecular complexity index is 572. The highest BCUT2D eigenvalue weighted by Gasteiger charge is 2.18. The molecule has 0 aliphatic heterocycles. The molecule has 0 fully saturated rings. The number of halogens is 2. The van der Waals surface area contributed by atoms with E-state index in [0.717, 1.165) is 0 Å². The van der Waals surface area contributed by atoms with Crippen LogP contribution in [-0.4, -0.2) is 9.91 Å². The van der Waals surface area contributed by atoms with Gasteiger partial charge in [0.1, 0.15) is 5.76 Å². The summed E-state index contributed by atoms with van der Waals surface area (Å²) in [6.07, 6.45) is 1.52. The molecule has 2 rings (SSSR count). The van der Waals surface area contributed by atoms with E-state index in [-0.39, 0.29) is 21.6 Å². The zero-order valence-corrected chi connectivity index (χ0v) is 10.1. The lowest BCUT2D eigenvalue weighted by Gasteiger charge is -2.02. The maximum absolute atomic E-state index is 10.6. The molecule has 1 aromatic heterocycles. The molecule has 7 heteroatoms. The van der Waals surface area contributed by atoms with Crippen molar-refractivity contribution in [3.63, 3.8) is 0 Å². The van der Waals surface area contributed by atoms with E-state index in [4.69, 9.17) is 27.6 Å². The summed E-state index contributed by atoms with van der Waals surface area (Å²) >= 11 is 11.9. The lowest BCUT2D eigenvalue weighted by molar-refractivity contribution is -0.384. The number of hydrogen-bond donors (Lipinski definition) is 0. The maximum atomic E-state index is 10.6. The molecule has 0 saturated carbocycles. The fourth-order valence-electron chi connectivity index (χ4n) is 1.34. The summed E-state index contributed by atoms with van der Waals surface area (Å²) in [6, 6.07) is 2.42. The molecule has 0 atom stereocenters. The van der Waals surface area contributed by atoms with Crippen LogP contribution in [0.4, 0.5) is 5.69 Å². The van der Waals surface area contributed by atoms with Crippen molar-refractivity contribution < 1.29 is 9.34 Å². The van der Waals surface area contributed by atoms with E-state index in [9.17, 15) is 10.1 Å². The SMILES string of the molecule is Cc1cnc(-c2c(Cl)cc([N+](=O)[O-])cc2Cl)o1. The molecule has 1 aromatic carbocycles. The molecule has 2 aromatic rings. The van der Waals surface area contributed by atoms with Gasteiger partial charge < -0.3 is 4.42 Å². The smallest absolute Gasteiger partial charge is 0.272 e. The molecule has 0 N–H and O–H groups in total. The summed E-state index contributed by atoms with van der Waals surface area (Å²) in [5, 5.41) is 10.9. The van der Waals surface area contributed by atoms with E-state index in [1.54, 1.807) is 6.92 Å². The number of oxazole rings is 1. The van der Waals surface area contributed by atoms with E-state index in [1.165, 1.54) is 18.3 Å². The molecule has 0 amide bonds. The highest BCUT2D eigenvalue weighted by molar-refractivity contribution is 6.39. The Balaban J connectivity index is 2.60. The second-order valence-corrected chi connectivity index (χ2v) is 4.13. The first-order valence-electron chi connectivity index (χ1n) is 4.55. The number of nitro groups is 1. The van der Waals surface area contributed by atoms with Crippen molar-refractivity contribution in [1.82, 2.24) is 4.98 Å². The van der Waals surface area contributed by atoms with Crippen molar-refractivity contribution in [2.24, 2.45) is 0 Å². The first kappa shape index (κ1) is 11.9. The van der Waals surface area contributed by atoms with Crippen LogP contribution >= 0.6 is 23.2 Å². The first-order valence-corrected chi connectivity index (χ1v) is 5.31. The van der Waals surface area contributed by atoms with Gasteiger partial charge in [0, 0.05) is 12.1 Å². The van der Waals surface area contributed by atoms with Gasteiger partial charge in [-0.3, -0.25) is 10.1 Å². The molecule has 0 saturated heterocycles. The summed E-state index contributed by atoms with van der Waals surface area (Å²) in [4.78, 5) is 14.0. The Kier molecular flexibility index (Phi) is 3.04. The monoisotopic (exact) mass is 272 g/mol. The fraction of sp³-hybridized carbons (Fsp3) is 0.100. The average molecular weight is 273 g/mol. The molecular formula is C10H6Cl2N2O3. The largest absolute Gasteiger partial charge is 0.441 e. The van der Waals surface area contributed by atoms with E-state index in [0.29, 0.717) is 11.3 Å². The second-order valence-electron chi connectivity index (χ2n) is 3.32. The highest BCUT2D eigenvalue weighted by Crippen LogP contribution is 2.37. The quantitative estimate of drug-likeness (QED) is 0.615. The average Bonchev–Trinajstić information content (AvgIpc) is 2.63. The third kappa shape index (κ3) is 2.25. The molecule has 88 valence electrons. The minimum Gasteiger partial charge on any atom is -0.441 e. The van der Waals surface area contributed by atoms with Crippen LogP contribution < -0.4 is 0 Å². The summed E-state index contributed by atoms with van der Waals surface area (Å²) < 4.78 is 5.28. The van der Waals surface area contributed by atoms with Crippen molar-refractivity contribution in [3.05, 3.63) is 44.2 Å². The van der Waals surface area contributed by atoms with Crippen LogP contribution in [0.15, 0.2) is 22.7 Å². The number of aromatic nitrogens is 1. The number of benzene rings is 1. The van der Waals surface area contributed by atoms with Crippen molar-refractivity contribution >= 4 is 28.9 Å². The van der Waals surface area contributed by atoms with E-state index in [2.05, 4.69) is 4.98 Å². The van der Waals surface area contributed by atoms with E-state index >= 15 is 0 Å². The predicted molar refractivity (Wildman–Crippen MR) is 63.4 cm³/mol. The van der Waals surface area contributed by atoms with Crippen molar-refractivity contribution in [2.45, 2.75) is 6.92 Å². The van der Waals surface area contributed by atoms with Crippen LogP contribution in [0.3, 0.4) is 0 Å². The predicted octanol–water partition coefficient (Wildman–Crippen LogP) is 3.87. The summed E-state index contributed by atoms with van der Waals surface area (Å²) in [5.74, 6) is 0.845. The summed E-state index contributed by atoms with van der Waals surface area (Å²) in [5.41, 5.74) is 0.180. The van der Waals surface area contributed by atoms with Gasteiger partial charge >= 0.3 is 0 Å². The number of aryl methyl sites for hydroxylation is 1. The number of nitro benzene ring substituents is 1. The Morgan fingerprint density at radius 3 is 2.35 bits per heavy atom. The van der Waals surface area contributed by atoms with Gasteiger partial charge in [-0.2, -0.15) is 0 Å². The number of hydrogen-bond acceptors (Lipinski definition) is 4. The molecule has 0 bridgehead atoms. The molecule has 5 nitrogen and oxygen atoms in total. The topological polar surface area (TPSA) is 69.2 Å². The fourth-order valence-corrected chi connectivity index (χ4v) is 1.98. The zero-order valence-electron chi connectivity index (χ0n) is 8.61. The number of nitrogens with zero attached hydrogens (tertiary/aromatic N) is 2. The highest BCUT2D eigenvalue weighted by atomic mass is 35.5. The lowest BCUT2D eigenvalue weighted by Crippen LogP contribution is -1.90. The number of non-ortho nitro benzene ring substituents is 1. The molecule has 17 heavy (non-hydrogen) atoms. The van der Waals surface area contributed by atoms with Crippen LogP contribution in [0.2, 0.25) is 10.0 Å².